The molecule has 2 saturated heterocycles. The molecule has 6 rings (SSSR count). The van der Waals surface area contributed by atoms with Crippen LogP contribution in [-0.4, -0.2) is 59.2 Å². The maximum atomic E-state index is 13.4. The Hall–Kier alpha value is -3.18. The van der Waals surface area contributed by atoms with Gasteiger partial charge >= 0.3 is 7.12 Å². The first-order chi connectivity index (χ1) is 18.3. The van der Waals surface area contributed by atoms with Crippen molar-refractivity contribution in [3.63, 3.8) is 0 Å². The van der Waals surface area contributed by atoms with Crippen molar-refractivity contribution >= 4 is 29.9 Å². The molecule has 39 heavy (non-hydrogen) atoms. The number of nitrogens with one attached hydrogen (secondary N) is 1. The van der Waals surface area contributed by atoms with Crippen LogP contribution in [0, 0.1) is 5.41 Å². The minimum atomic E-state index is -2.51. The molecule has 1 N–H and O–H groups in total. The zero-order chi connectivity index (χ0) is 27.8. The fourth-order valence-corrected chi connectivity index (χ4v) is 5.73. The van der Waals surface area contributed by atoms with E-state index in [0.717, 1.165) is 22.4 Å². The van der Waals surface area contributed by atoms with Crippen molar-refractivity contribution in [2.75, 3.05) is 30.4 Å². The van der Waals surface area contributed by atoms with Gasteiger partial charge in [-0.05, 0) is 63.5 Å². The molecule has 0 amide bonds. The third kappa shape index (κ3) is 4.55. The van der Waals surface area contributed by atoms with Crippen LogP contribution >= 0.6 is 0 Å². The summed E-state index contributed by atoms with van der Waals surface area (Å²) in [7, 11) is 3.03. The Morgan fingerprint density at radius 2 is 1.62 bits per heavy atom. The van der Waals surface area contributed by atoms with E-state index < -0.39 is 24.2 Å². The molecule has 1 aliphatic carbocycles. The molecule has 0 atom stereocenters. The van der Waals surface area contributed by atoms with Gasteiger partial charge in [-0.15, -0.1) is 5.10 Å². The Morgan fingerprint density at radius 3 is 2.21 bits per heavy atom. The van der Waals surface area contributed by atoms with E-state index in [1.54, 1.807) is 11.8 Å². The summed E-state index contributed by atoms with van der Waals surface area (Å²) in [6.45, 7) is 9.41. The SMILES string of the molecule is COc1cc(-c2nc(Nc3ccc(B4OC(C)(C)C(C)(C)O4)cc3)n(C)n2)ccc1N1CC2(C1)CC(F)(F)C2. The smallest absolute Gasteiger partial charge is 0.494 e. The van der Waals surface area contributed by atoms with Crippen molar-refractivity contribution in [2.45, 2.75) is 57.7 Å². The van der Waals surface area contributed by atoms with Crippen LogP contribution in [0.5, 0.6) is 5.75 Å². The third-order valence-electron chi connectivity index (χ3n) is 8.55. The largest absolute Gasteiger partial charge is 0.495 e. The highest BCUT2D eigenvalue weighted by atomic mass is 19.3. The highest BCUT2D eigenvalue weighted by molar-refractivity contribution is 6.62. The number of hydrogen-bond donors (Lipinski definition) is 1. The molecule has 3 aliphatic rings. The zero-order valence-corrected chi connectivity index (χ0v) is 23.2. The first-order valence-electron chi connectivity index (χ1n) is 13.2. The molecular weight excluding hydrogens is 503 g/mol. The predicted molar refractivity (Wildman–Crippen MR) is 147 cm³/mol. The summed E-state index contributed by atoms with van der Waals surface area (Å²) in [6.07, 6.45) is -0.0441. The fraction of sp³-hybridized carbons (Fsp3) is 0.500. The van der Waals surface area contributed by atoms with E-state index in [0.29, 0.717) is 30.6 Å². The Bertz CT molecular complexity index is 1380. The maximum Gasteiger partial charge on any atom is 0.494 e. The lowest BCUT2D eigenvalue weighted by Crippen LogP contribution is -2.66. The van der Waals surface area contributed by atoms with Gasteiger partial charge in [-0.25, -0.2) is 13.5 Å². The quantitative estimate of drug-likeness (QED) is 0.455. The number of rotatable bonds is 6. The lowest BCUT2D eigenvalue weighted by molar-refractivity contribution is -0.170. The first-order valence-corrected chi connectivity index (χ1v) is 13.2. The standard InChI is InChI=1S/C28H34BF2N5O3/c1-25(2)26(3,4)39-29(38-25)19-8-10-20(11-9-19)32-24-33-23(34-35(24)5)18-7-12-21(22(13-18)37-6)36-16-27(17-36)14-28(30,31)15-27/h7-13H,14-17H2,1-6H3,(H,32,33,34). The molecule has 11 heteroatoms. The Labute approximate surface area is 227 Å². The average Bonchev–Trinajstić information content (AvgIpc) is 3.30. The topological polar surface area (TPSA) is 73.7 Å². The molecule has 8 nitrogen and oxygen atoms in total. The van der Waals surface area contributed by atoms with E-state index in [1.807, 2.05) is 77.2 Å². The second kappa shape index (κ2) is 8.66. The number of benzene rings is 2. The van der Waals surface area contributed by atoms with Gasteiger partial charge in [-0.3, -0.25) is 0 Å². The summed E-state index contributed by atoms with van der Waals surface area (Å²) in [5, 5.41) is 7.91. The van der Waals surface area contributed by atoms with Crippen molar-refractivity contribution in [2.24, 2.45) is 12.5 Å². The molecule has 1 spiro atoms. The number of anilines is 3. The van der Waals surface area contributed by atoms with Gasteiger partial charge in [0, 0.05) is 49.6 Å². The van der Waals surface area contributed by atoms with E-state index in [1.165, 1.54) is 0 Å². The lowest BCUT2D eigenvalue weighted by Gasteiger charge is -2.59. The third-order valence-corrected chi connectivity index (χ3v) is 8.55. The second-order valence-electron chi connectivity index (χ2n) is 12.2. The van der Waals surface area contributed by atoms with Gasteiger partial charge < -0.3 is 24.3 Å². The highest BCUT2D eigenvalue weighted by Crippen LogP contribution is 2.58. The van der Waals surface area contributed by atoms with Gasteiger partial charge in [0.15, 0.2) is 5.82 Å². The Balaban J connectivity index is 1.14. The molecule has 3 fully saturated rings. The van der Waals surface area contributed by atoms with Crippen molar-refractivity contribution in [1.82, 2.24) is 14.8 Å². The monoisotopic (exact) mass is 537 g/mol. The number of aryl methyl sites for hydroxylation is 1. The van der Waals surface area contributed by atoms with E-state index >= 15 is 0 Å². The van der Waals surface area contributed by atoms with E-state index in [-0.39, 0.29) is 18.3 Å². The van der Waals surface area contributed by atoms with Gasteiger partial charge in [0.05, 0.1) is 24.0 Å². The number of aromatic nitrogens is 3. The van der Waals surface area contributed by atoms with Crippen LogP contribution in [0.25, 0.3) is 11.4 Å². The summed E-state index contributed by atoms with van der Waals surface area (Å²) in [4.78, 5) is 6.80. The van der Waals surface area contributed by atoms with Crippen molar-refractivity contribution < 1.29 is 22.8 Å². The van der Waals surface area contributed by atoms with Gasteiger partial charge in [0.1, 0.15) is 5.75 Å². The van der Waals surface area contributed by atoms with Gasteiger partial charge in [0.2, 0.25) is 11.9 Å². The average molecular weight is 537 g/mol. The van der Waals surface area contributed by atoms with Crippen molar-refractivity contribution in [3.8, 4) is 17.1 Å². The summed E-state index contributed by atoms with van der Waals surface area (Å²) in [5.41, 5.74) is 2.48. The van der Waals surface area contributed by atoms with Crippen LogP contribution in [0.2, 0.25) is 0 Å². The van der Waals surface area contributed by atoms with Crippen LogP contribution in [0.3, 0.4) is 0 Å². The van der Waals surface area contributed by atoms with Crippen molar-refractivity contribution in [1.29, 1.82) is 0 Å². The molecule has 2 aliphatic heterocycles. The molecule has 1 aromatic heterocycles. The van der Waals surface area contributed by atoms with Gasteiger partial charge in [-0.1, -0.05) is 12.1 Å². The summed E-state index contributed by atoms with van der Waals surface area (Å²) in [5.74, 6) is -0.691. The van der Waals surface area contributed by atoms with E-state index in [2.05, 4.69) is 15.3 Å². The van der Waals surface area contributed by atoms with E-state index in [4.69, 9.17) is 19.0 Å². The minimum absolute atomic E-state index is 0.0221. The molecule has 3 heterocycles. The van der Waals surface area contributed by atoms with E-state index in [9.17, 15) is 8.78 Å². The van der Waals surface area contributed by atoms with Crippen LogP contribution in [-0.2, 0) is 16.4 Å². The molecule has 1 saturated carbocycles. The zero-order valence-electron chi connectivity index (χ0n) is 23.2. The van der Waals surface area contributed by atoms with Crippen LogP contribution in [0.4, 0.5) is 26.1 Å². The molecule has 0 bridgehead atoms. The van der Waals surface area contributed by atoms with Crippen LogP contribution in [0.1, 0.15) is 40.5 Å². The maximum absolute atomic E-state index is 13.4. The number of ether oxygens (including phenoxy) is 1. The Morgan fingerprint density at radius 1 is 0.974 bits per heavy atom. The lowest BCUT2D eigenvalue weighted by atomic mass is 9.61. The molecular formula is C28H34BF2N5O3. The fourth-order valence-electron chi connectivity index (χ4n) is 5.73. The van der Waals surface area contributed by atoms with Crippen LogP contribution in [0.15, 0.2) is 42.5 Å². The highest BCUT2D eigenvalue weighted by Gasteiger charge is 2.62. The number of alkyl halides is 2. The number of methoxy groups -OCH3 is 1. The number of halogens is 2. The predicted octanol–water partition coefficient (Wildman–Crippen LogP) is 4.77. The normalized spacial score (nSPS) is 21.9. The molecule has 3 aromatic rings. The van der Waals surface area contributed by atoms with Crippen molar-refractivity contribution in [3.05, 3.63) is 42.5 Å². The molecule has 206 valence electrons. The summed E-state index contributed by atoms with van der Waals surface area (Å²) < 4.78 is 46.4. The van der Waals surface area contributed by atoms with Gasteiger partial charge in [-0.2, -0.15) is 4.98 Å². The Kier molecular flexibility index (Phi) is 5.79. The molecule has 0 unspecified atom stereocenters. The first kappa shape index (κ1) is 26.1. The van der Waals surface area contributed by atoms with Crippen LogP contribution < -0.4 is 20.4 Å². The van der Waals surface area contributed by atoms with Gasteiger partial charge in [0.25, 0.3) is 0 Å². The summed E-state index contributed by atoms with van der Waals surface area (Å²) >= 11 is 0. The minimum Gasteiger partial charge on any atom is -0.495 e. The number of nitrogens with zero attached hydrogens (tertiary/aromatic N) is 4. The number of hydrogen-bond acceptors (Lipinski definition) is 7. The molecule has 0 radical (unpaired) electrons. The molecule has 2 aromatic carbocycles. The second-order valence-corrected chi connectivity index (χ2v) is 12.2. The summed E-state index contributed by atoms with van der Waals surface area (Å²) in [6, 6.07) is 13.7.